The zero-order valence-corrected chi connectivity index (χ0v) is 26.8. The predicted molar refractivity (Wildman–Crippen MR) is 182 cm³/mol. The van der Waals surface area contributed by atoms with Gasteiger partial charge in [0.05, 0.1) is 22.7 Å². The van der Waals surface area contributed by atoms with Gasteiger partial charge in [-0.25, -0.2) is 0 Å². The molecule has 0 N–H and O–H groups in total. The Bertz CT molecular complexity index is 2060. The summed E-state index contributed by atoms with van der Waals surface area (Å²) in [4.78, 5) is 7.49. The molecule has 6 aromatic rings. The second-order valence-electron chi connectivity index (χ2n) is 12.0. The summed E-state index contributed by atoms with van der Waals surface area (Å²) >= 11 is 3.12. The van der Waals surface area contributed by atoms with Crippen molar-refractivity contribution in [3.8, 4) is 11.1 Å². The number of rotatable bonds is 2. The van der Waals surface area contributed by atoms with E-state index >= 15 is 26.3 Å². The lowest BCUT2D eigenvalue weighted by Crippen LogP contribution is -2.53. The van der Waals surface area contributed by atoms with E-state index in [4.69, 9.17) is 0 Å². The van der Waals surface area contributed by atoms with Gasteiger partial charge in [-0.2, -0.15) is 26.3 Å². The van der Waals surface area contributed by atoms with Crippen LogP contribution in [-0.2, 0) is 5.41 Å². The van der Waals surface area contributed by atoms with E-state index in [0.29, 0.717) is 11.4 Å². The molecule has 9 rings (SSSR count). The molecular weight excluding hydrogens is 675 g/mol. The van der Waals surface area contributed by atoms with Crippen LogP contribution in [0.15, 0.2) is 153 Å². The molecule has 0 fully saturated rings. The van der Waals surface area contributed by atoms with Gasteiger partial charge in [-0.3, -0.25) is 0 Å². The fourth-order valence-corrected chi connectivity index (χ4v) is 9.44. The Morgan fingerprint density at radius 3 is 1.02 bits per heavy atom. The summed E-state index contributed by atoms with van der Waals surface area (Å²) in [5.41, 5.74) is -2.01. The lowest BCUT2D eigenvalue weighted by atomic mass is 9.76. The number of benzene rings is 6. The standard InChI is InChI=1S/C39H22F6N2S2/c40-38(41,42)37(39(43,44)45)27-19-17-23(46-29-9-1-5-13-33(29)48-34-14-6-2-10-30(34)46)21-25(27)26-22-24(18-20-28(26)37)47-31-11-3-7-15-35(31)49-36-16-8-4-12-32(36)47/h1-22H. The topological polar surface area (TPSA) is 6.48 Å². The molecule has 2 heterocycles. The SMILES string of the molecule is FC(F)(F)C1(C(F)(F)F)c2ccc(N3c4ccccc4Sc4ccccc43)cc2-c2cc(N3c4ccccc4Sc4ccccc43)ccc21. The van der Waals surface area contributed by atoms with Crippen molar-refractivity contribution in [2.75, 3.05) is 9.80 Å². The summed E-state index contributed by atoms with van der Waals surface area (Å²) in [6, 6.07) is 38.2. The molecule has 0 spiro atoms. The minimum atomic E-state index is -5.67. The molecule has 1 aliphatic carbocycles. The molecule has 0 aromatic heterocycles. The number of hydrogen-bond acceptors (Lipinski definition) is 4. The summed E-state index contributed by atoms with van der Waals surface area (Å²) in [7, 11) is 0. The number of nitrogens with zero attached hydrogens (tertiary/aromatic N) is 2. The third kappa shape index (κ3) is 4.26. The molecule has 2 aliphatic heterocycles. The highest BCUT2D eigenvalue weighted by Crippen LogP contribution is 2.65. The van der Waals surface area contributed by atoms with E-state index in [1.54, 1.807) is 23.5 Å². The molecule has 10 heteroatoms. The highest BCUT2D eigenvalue weighted by Gasteiger charge is 2.75. The van der Waals surface area contributed by atoms with Crippen LogP contribution in [0, 0.1) is 0 Å². The van der Waals surface area contributed by atoms with Crippen molar-refractivity contribution in [2.45, 2.75) is 37.3 Å². The second kappa shape index (κ2) is 10.6. The van der Waals surface area contributed by atoms with E-state index in [2.05, 4.69) is 0 Å². The molecule has 0 atom stereocenters. The van der Waals surface area contributed by atoms with Gasteiger partial charge < -0.3 is 9.80 Å². The summed E-state index contributed by atoms with van der Waals surface area (Å²) in [6.07, 6.45) is -11.3. The third-order valence-corrected chi connectivity index (χ3v) is 11.6. The van der Waals surface area contributed by atoms with E-state index in [9.17, 15) is 0 Å². The van der Waals surface area contributed by atoms with Gasteiger partial charge in [0.15, 0.2) is 0 Å². The monoisotopic (exact) mass is 696 g/mol. The van der Waals surface area contributed by atoms with Crippen LogP contribution in [0.4, 0.5) is 60.5 Å². The summed E-state index contributed by atoms with van der Waals surface area (Å²) in [6.45, 7) is 0. The van der Waals surface area contributed by atoms with Crippen molar-refractivity contribution in [2.24, 2.45) is 0 Å². The normalized spacial score (nSPS) is 15.5. The van der Waals surface area contributed by atoms with Crippen molar-refractivity contribution in [3.05, 3.63) is 145 Å². The first-order valence-electron chi connectivity index (χ1n) is 15.3. The summed E-state index contributed by atoms with van der Waals surface area (Å²) in [5.74, 6) is 0. The zero-order chi connectivity index (χ0) is 33.7. The fourth-order valence-electron chi connectivity index (χ4n) is 7.32. The van der Waals surface area contributed by atoms with Gasteiger partial charge in [0.1, 0.15) is 0 Å². The first-order valence-corrected chi connectivity index (χ1v) is 17.0. The van der Waals surface area contributed by atoms with Crippen molar-refractivity contribution in [1.82, 2.24) is 0 Å². The first kappa shape index (κ1) is 30.3. The maximum absolute atomic E-state index is 15.2. The first-order chi connectivity index (χ1) is 23.6. The third-order valence-electron chi connectivity index (χ3n) is 9.34. The number of halogens is 6. The molecule has 49 heavy (non-hydrogen) atoms. The van der Waals surface area contributed by atoms with Crippen molar-refractivity contribution >= 4 is 57.6 Å². The lowest BCUT2D eigenvalue weighted by Gasteiger charge is -2.37. The molecular formula is C39H22F6N2S2. The van der Waals surface area contributed by atoms with Gasteiger partial charge >= 0.3 is 12.4 Å². The number of hydrogen-bond donors (Lipinski definition) is 0. The minimum absolute atomic E-state index is 0.106. The van der Waals surface area contributed by atoms with Crippen LogP contribution in [0.2, 0.25) is 0 Å². The largest absolute Gasteiger partial charge is 0.411 e. The van der Waals surface area contributed by atoms with E-state index in [1.165, 1.54) is 24.3 Å². The maximum Gasteiger partial charge on any atom is 0.411 e. The second-order valence-corrected chi connectivity index (χ2v) is 14.1. The molecule has 0 saturated heterocycles. The van der Waals surface area contributed by atoms with Crippen LogP contribution < -0.4 is 9.80 Å². The number of para-hydroxylation sites is 4. The van der Waals surface area contributed by atoms with Crippen molar-refractivity contribution < 1.29 is 26.3 Å². The van der Waals surface area contributed by atoms with E-state index in [0.717, 1.165) is 54.5 Å². The number of alkyl halides is 6. The van der Waals surface area contributed by atoms with Gasteiger partial charge in [-0.05, 0) is 95.1 Å². The highest BCUT2D eigenvalue weighted by atomic mass is 32.2. The Balaban J connectivity index is 1.31. The number of fused-ring (bicyclic) bond motifs is 7. The molecule has 6 aromatic carbocycles. The highest BCUT2D eigenvalue weighted by molar-refractivity contribution is 8.00. The lowest BCUT2D eigenvalue weighted by molar-refractivity contribution is -0.287. The Labute approximate surface area is 286 Å². The average molecular weight is 697 g/mol. The molecule has 0 radical (unpaired) electrons. The van der Waals surface area contributed by atoms with Gasteiger partial charge in [0, 0.05) is 31.0 Å². The smallest absolute Gasteiger partial charge is 0.308 e. The Hall–Kier alpha value is -4.80. The Kier molecular flexibility index (Phi) is 6.55. The Morgan fingerprint density at radius 2 is 0.714 bits per heavy atom. The molecule has 0 bridgehead atoms. The molecule has 3 aliphatic rings. The van der Waals surface area contributed by atoms with Crippen LogP contribution in [0.5, 0.6) is 0 Å². The number of anilines is 6. The van der Waals surface area contributed by atoms with Crippen LogP contribution in [0.25, 0.3) is 11.1 Å². The van der Waals surface area contributed by atoms with Crippen molar-refractivity contribution in [1.29, 1.82) is 0 Å². The predicted octanol–water partition coefficient (Wildman–Crippen LogP) is 12.9. The van der Waals surface area contributed by atoms with Crippen LogP contribution in [-0.4, -0.2) is 12.4 Å². The van der Waals surface area contributed by atoms with Gasteiger partial charge in [0.25, 0.3) is 0 Å². The molecule has 0 unspecified atom stereocenters. The van der Waals surface area contributed by atoms with Gasteiger partial charge in [-0.15, -0.1) is 0 Å². The van der Waals surface area contributed by atoms with E-state index in [-0.39, 0.29) is 11.1 Å². The van der Waals surface area contributed by atoms with Gasteiger partial charge in [-0.1, -0.05) is 84.2 Å². The minimum Gasteiger partial charge on any atom is -0.308 e. The van der Waals surface area contributed by atoms with Crippen LogP contribution >= 0.6 is 23.5 Å². The summed E-state index contributed by atoms with van der Waals surface area (Å²) in [5, 5.41) is 0. The maximum atomic E-state index is 15.2. The zero-order valence-electron chi connectivity index (χ0n) is 25.2. The van der Waals surface area contributed by atoms with Crippen LogP contribution in [0.1, 0.15) is 11.1 Å². The fraction of sp³-hybridized carbons (Fsp3) is 0.0769. The van der Waals surface area contributed by atoms with Crippen LogP contribution in [0.3, 0.4) is 0 Å². The average Bonchev–Trinajstić information content (AvgIpc) is 3.40. The molecule has 242 valence electrons. The Morgan fingerprint density at radius 1 is 0.408 bits per heavy atom. The van der Waals surface area contributed by atoms with Gasteiger partial charge in [0.2, 0.25) is 5.41 Å². The van der Waals surface area contributed by atoms with E-state index in [1.807, 2.05) is 107 Å². The molecule has 2 nitrogen and oxygen atoms in total. The van der Waals surface area contributed by atoms with E-state index < -0.39 is 28.9 Å². The quantitative estimate of drug-likeness (QED) is 0.166. The molecule has 0 amide bonds. The van der Waals surface area contributed by atoms with Crippen molar-refractivity contribution in [3.63, 3.8) is 0 Å². The molecule has 0 saturated carbocycles. The summed E-state index contributed by atoms with van der Waals surface area (Å²) < 4.78 is 91.3.